The minimum Gasteiger partial charge on any atom is -0.462 e. The number of carbonyl (C=O) groups excluding carboxylic acids is 3. The van der Waals surface area contributed by atoms with Crippen molar-refractivity contribution >= 4 is 52.1 Å². The third kappa shape index (κ3) is 5.78. The van der Waals surface area contributed by atoms with Gasteiger partial charge in [0.1, 0.15) is 9.88 Å². The van der Waals surface area contributed by atoms with Crippen molar-refractivity contribution in [2.75, 3.05) is 18.5 Å². The Balaban J connectivity index is 2.20. The van der Waals surface area contributed by atoms with Gasteiger partial charge in [0.05, 0.1) is 25.0 Å². The van der Waals surface area contributed by atoms with E-state index in [0.29, 0.717) is 16.1 Å². The van der Waals surface area contributed by atoms with Gasteiger partial charge in [-0.05, 0) is 32.4 Å². The normalized spacial score (nSPS) is 10.6. The number of rotatable bonds is 7. The summed E-state index contributed by atoms with van der Waals surface area (Å²) < 4.78 is 10.0. The monoisotopic (exact) mass is 437 g/mol. The summed E-state index contributed by atoms with van der Waals surface area (Å²) in [5.74, 6) is -1.22. The Hall–Kier alpha value is -2.91. The molecule has 0 spiro atoms. The molecule has 1 aromatic carbocycles. The molecule has 0 radical (unpaired) electrons. The predicted molar refractivity (Wildman–Crippen MR) is 112 cm³/mol. The summed E-state index contributed by atoms with van der Waals surface area (Å²) in [6.07, 6.45) is 1.39. The molecule has 1 heterocycles. The second-order valence-electron chi connectivity index (χ2n) is 5.55. The van der Waals surface area contributed by atoms with Gasteiger partial charge in [0.15, 0.2) is 0 Å². The molecule has 0 aliphatic rings. The summed E-state index contributed by atoms with van der Waals surface area (Å²) in [7, 11) is 0. The Morgan fingerprint density at radius 1 is 1.14 bits per heavy atom. The van der Waals surface area contributed by atoms with Crippen molar-refractivity contribution in [1.82, 2.24) is 5.43 Å². The zero-order chi connectivity index (χ0) is 21.4. The van der Waals surface area contributed by atoms with Gasteiger partial charge < -0.3 is 9.47 Å². The predicted octanol–water partition coefficient (Wildman–Crippen LogP) is 4.22. The molecule has 2 amide bonds. The van der Waals surface area contributed by atoms with Gasteiger partial charge >= 0.3 is 18.0 Å². The molecule has 29 heavy (non-hydrogen) atoms. The van der Waals surface area contributed by atoms with Crippen LogP contribution in [0.3, 0.4) is 0 Å². The number of esters is 2. The molecule has 8 nitrogen and oxygen atoms in total. The van der Waals surface area contributed by atoms with E-state index in [1.165, 1.54) is 6.21 Å². The summed E-state index contributed by atoms with van der Waals surface area (Å²) in [4.78, 5) is 36.9. The Bertz CT molecular complexity index is 942. The van der Waals surface area contributed by atoms with Crippen molar-refractivity contribution in [3.8, 4) is 0 Å². The summed E-state index contributed by atoms with van der Waals surface area (Å²) in [6.45, 7) is 5.26. The average Bonchev–Trinajstić information content (AvgIpc) is 2.99. The van der Waals surface area contributed by atoms with Crippen molar-refractivity contribution in [3.63, 3.8) is 0 Å². The second kappa shape index (κ2) is 10.6. The van der Waals surface area contributed by atoms with Crippen LogP contribution in [0.5, 0.6) is 0 Å². The van der Waals surface area contributed by atoms with Crippen LogP contribution < -0.4 is 10.7 Å². The third-order valence-electron chi connectivity index (χ3n) is 3.59. The minimum atomic E-state index is -0.699. The van der Waals surface area contributed by atoms with Gasteiger partial charge in [-0.15, -0.1) is 11.3 Å². The topological polar surface area (TPSA) is 106 Å². The lowest BCUT2D eigenvalue weighted by atomic mass is 10.1. The Labute approximate surface area is 176 Å². The molecule has 0 aliphatic carbocycles. The molecule has 154 valence electrons. The third-order valence-corrected chi connectivity index (χ3v) is 5.12. The van der Waals surface area contributed by atoms with Crippen molar-refractivity contribution in [1.29, 1.82) is 0 Å². The van der Waals surface area contributed by atoms with Crippen LogP contribution in [0.1, 0.15) is 45.0 Å². The minimum absolute atomic E-state index is 0.102. The molecule has 10 heteroatoms. The van der Waals surface area contributed by atoms with Gasteiger partial charge in [-0.25, -0.2) is 19.8 Å². The highest BCUT2D eigenvalue weighted by molar-refractivity contribution is 7.18. The fourth-order valence-corrected chi connectivity index (χ4v) is 3.58. The molecule has 0 saturated carbocycles. The molecule has 0 fully saturated rings. The van der Waals surface area contributed by atoms with Crippen LogP contribution in [0.15, 0.2) is 29.4 Å². The van der Waals surface area contributed by atoms with E-state index in [2.05, 4.69) is 15.8 Å². The summed E-state index contributed by atoms with van der Waals surface area (Å²) in [6, 6.07) is 6.29. The number of hydrogen-bond donors (Lipinski definition) is 2. The number of ether oxygens (including phenoxy) is 2. The van der Waals surface area contributed by atoms with Gasteiger partial charge in [0.25, 0.3) is 0 Å². The van der Waals surface area contributed by atoms with Crippen LogP contribution in [0.4, 0.5) is 9.80 Å². The number of urea groups is 1. The van der Waals surface area contributed by atoms with Gasteiger partial charge in [-0.3, -0.25) is 5.32 Å². The molecular weight excluding hydrogens is 418 g/mol. The van der Waals surface area contributed by atoms with Crippen molar-refractivity contribution in [3.05, 3.63) is 50.9 Å². The highest BCUT2D eigenvalue weighted by atomic mass is 35.5. The van der Waals surface area contributed by atoms with E-state index in [9.17, 15) is 14.4 Å². The fraction of sp³-hybridized carbons (Fsp3) is 0.263. The number of hydrogen-bond acceptors (Lipinski definition) is 7. The molecular formula is C19H20ClN3O5S. The summed E-state index contributed by atoms with van der Waals surface area (Å²) >= 11 is 6.95. The average molecular weight is 438 g/mol. The molecule has 2 rings (SSSR count). The number of anilines is 1. The van der Waals surface area contributed by atoms with E-state index in [1.54, 1.807) is 45.0 Å². The van der Waals surface area contributed by atoms with Crippen LogP contribution in [0, 0.1) is 6.92 Å². The first-order chi connectivity index (χ1) is 13.9. The summed E-state index contributed by atoms with van der Waals surface area (Å²) in [5.41, 5.74) is 3.39. The molecule has 0 unspecified atom stereocenters. The van der Waals surface area contributed by atoms with Crippen LogP contribution in [-0.4, -0.2) is 37.4 Å². The Morgan fingerprint density at radius 2 is 1.79 bits per heavy atom. The molecule has 0 aliphatic heterocycles. The maximum absolute atomic E-state index is 12.3. The van der Waals surface area contributed by atoms with Gasteiger partial charge in [-0.1, -0.05) is 29.8 Å². The quantitative estimate of drug-likeness (QED) is 0.383. The molecule has 2 N–H and O–H groups in total. The maximum atomic E-state index is 12.3. The van der Waals surface area contributed by atoms with Crippen molar-refractivity contribution < 1.29 is 23.9 Å². The molecule has 2 aromatic rings. The molecule has 1 aromatic heterocycles. The van der Waals surface area contributed by atoms with E-state index >= 15 is 0 Å². The SMILES string of the molecule is CCOC(=O)c1sc(NC(=O)NN=Cc2ccccc2Cl)c(C(=O)OCC)c1C. The van der Waals surface area contributed by atoms with Crippen LogP contribution >= 0.6 is 22.9 Å². The number of hydrazone groups is 1. The van der Waals surface area contributed by atoms with E-state index in [1.807, 2.05) is 0 Å². The maximum Gasteiger partial charge on any atom is 0.348 e. The van der Waals surface area contributed by atoms with E-state index in [4.69, 9.17) is 21.1 Å². The smallest absolute Gasteiger partial charge is 0.348 e. The number of carbonyl (C=O) groups is 3. The van der Waals surface area contributed by atoms with Crippen molar-refractivity contribution in [2.24, 2.45) is 5.10 Å². The molecule has 0 saturated heterocycles. The van der Waals surface area contributed by atoms with Gasteiger partial charge in [0, 0.05) is 10.6 Å². The van der Waals surface area contributed by atoms with Crippen LogP contribution in [-0.2, 0) is 9.47 Å². The largest absolute Gasteiger partial charge is 0.462 e. The van der Waals surface area contributed by atoms with Gasteiger partial charge in [-0.2, -0.15) is 5.10 Å². The highest BCUT2D eigenvalue weighted by Crippen LogP contribution is 2.34. The first kappa shape index (κ1) is 22.4. The number of halogens is 1. The number of amides is 2. The van der Waals surface area contributed by atoms with E-state index < -0.39 is 18.0 Å². The Morgan fingerprint density at radius 3 is 2.45 bits per heavy atom. The zero-order valence-electron chi connectivity index (χ0n) is 16.1. The van der Waals surface area contributed by atoms with E-state index in [-0.39, 0.29) is 28.7 Å². The number of nitrogens with zero attached hydrogens (tertiary/aromatic N) is 1. The lowest BCUT2D eigenvalue weighted by molar-refractivity contribution is 0.0527. The first-order valence-corrected chi connectivity index (χ1v) is 9.90. The second-order valence-corrected chi connectivity index (χ2v) is 6.97. The lowest BCUT2D eigenvalue weighted by Crippen LogP contribution is -2.24. The standard InChI is InChI=1S/C19H20ClN3O5S/c1-4-27-17(24)14-11(3)15(18(25)28-5-2)29-16(14)22-19(26)23-21-10-12-8-6-7-9-13(12)20/h6-10H,4-5H2,1-3H3,(H2,22,23,26). The van der Waals surface area contributed by atoms with E-state index in [0.717, 1.165) is 11.3 Å². The van der Waals surface area contributed by atoms with Gasteiger partial charge in [0.2, 0.25) is 0 Å². The zero-order valence-corrected chi connectivity index (χ0v) is 17.6. The van der Waals surface area contributed by atoms with Crippen molar-refractivity contribution in [2.45, 2.75) is 20.8 Å². The van der Waals surface area contributed by atoms with Crippen LogP contribution in [0.2, 0.25) is 5.02 Å². The molecule has 0 bridgehead atoms. The lowest BCUT2D eigenvalue weighted by Gasteiger charge is -2.06. The first-order valence-electron chi connectivity index (χ1n) is 8.71. The Kier molecular flexibility index (Phi) is 8.17. The van der Waals surface area contributed by atoms with Crippen LogP contribution in [0.25, 0.3) is 0 Å². The summed E-state index contributed by atoms with van der Waals surface area (Å²) in [5, 5.41) is 6.99. The fourth-order valence-electron chi connectivity index (χ4n) is 2.31. The highest BCUT2D eigenvalue weighted by Gasteiger charge is 2.27. The number of benzene rings is 1. The number of thiophene rings is 1. The number of nitrogens with one attached hydrogen (secondary N) is 2. The molecule has 0 atom stereocenters.